The fraction of sp³-hybridized carbons (Fsp3) is 0.533. The van der Waals surface area contributed by atoms with Crippen LogP contribution >= 0.6 is 0 Å². The van der Waals surface area contributed by atoms with Gasteiger partial charge in [0.25, 0.3) is 5.91 Å². The third-order valence-corrected chi connectivity index (χ3v) is 3.75. The van der Waals surface area contributed by atoms with Gasteiger partial charge in [-0.2, -0.15) is 0 Å². The lowest BCUT2D eigenvalue weighted by atomic mass is 10.1. The van der Waals surface area contributed by atoms with Crippen LogP contribution in [-0.4, -0.2) is 20.7 Å². The van der Waals surface area contributed by atoms with Crippen LogP contribution in [0.5, 0.6) is 0 Å². The average molecular weight is 288 g/mol. The van der Waals surface area contributed by atoms with E-state index in [9.17, 15) is 4.79 Å². The smallest absolute Gasteiger partial charge is 0.261 e. The molecule has 0 bridgehead atoms. The molecule has 1 fully saturated rings. The van der Waals surface area contributed by atoms with E-state index < -0.39 is 0 Å². The Hall–Kier alpha value is -2.11. The second kappa shape index (κ2) is 5.02. The van der Waals surface area contributed by atoms with Gasteiger partial charge in [0.2, 0.25) is 5.95 Å². The molecule has 0 radical (unpaired) electrons. The molecule has 112 valence electrons. The lowest BCUT2D eigenvalue weighted by Crippen LogP contribution is -2.16. The molecule has 6 heteroatoms. The Morgan fingerprint density at radius 3 is 2.67 bits per heavy atom. The summed E-state index contributed by atoms with van der Waals surface area (Å²) in [7, 11) is 0. The molecule has 2 heterocycles. The third-order valence-electron chi connectivity index (χ3n) is 3.75. The van der Waals surface area contributed by atoms with Crippen molar-refractivity contribution >= 4 is 11.9 Å². The predicted octanol–water partition coefficient (Wildman–Crippen LogP) is 3.20. The van der Waals surface area contributed by atoms with Crippen molar-refractivity contribution in [2.75, 3.05) is 5.32 Å². The number of anilines is 1. The Labute approximate surface area is 123 Å². The van der Waals surface area contributed by atoms with Crippen molar-refractivity contribution in [2.24, 2.45) is 0 Å². The lowest BCUT2D eigenvalue weighted by Gasteiger charge is -2.07. The van der Waals surface area contributed by atoms with Crippen LogP contribution in [0.15, 0.2) is 10.5 Å². The highest BCUT2D eigenvalue weighted by Gasteiger charge is 2.29. The molecular formula is C15H20N4O2. The summed E-state index contributed by atoms with van der Waals surface area (Å²) in [6.45, 7) is 7.78. The van der Waals surface area contributed by atoms with Crippen LogP contribution in [0, 0.1) is 13.8 Å². The number of amides is 1. The van der Waals surface area contributed by atoms with Crippen molar-refractivity contribution in [3.8, 4) is 0 Å². The average Bonchev–Trinajstić information content (AvgIpc) is 3.07. The first-order valence-electron chi connectivity index (χ1n) is 7.30. The molecule has 1 aliphatic rings. The van der Waals surface area contributed by atoms with Crippen LogP contribution < -0.4 is 5.32 Å². The van der Waals surface area contributed by atoms with Gasteiger partial charge in [-0.05, 0) is 32.8 Å². The van der Waals surface area contributed by atoms with Crippen molar-refractivity contribution in [3.05, 3.63) is 29.0 Å². The molecule has 0 aliphatic heterocycles. The minimum absolute atomic E-state index is 0.197. The molecule has 0 saturated heterocycles. The van der Waals surface area contributed by atoms with E-state index in [-0.39, 0.29) is 11.8 Å². The van der Waals surface area contributed by atoms with Gasteiger partial charge in [0.15, 0.2) is 0 Å². The minimum Gasteiger partial charge on any atom is -0.465 e. The Kier molecular flexibility index (Phi) is 3.31. The number of nitrogens with zero attached hydrogens (tertiary/aromatic N) is 3. The maximum absolute atomic E-state index is 12.4. The Balaban J connectivity index is 1.83. The van der Waals surface area contributed by atoms with Crippen molar-refractivity contribution < 1.29 is 9.21 Å². The molecule has 1 aliphatic carbocycles. The summed E-state index contributed by atoms with van der Waals surface area (Å²) in [6, 6.07) is 2.23. The van der Waals surface area contributed by atoms with Crippen LogP contribution in [0.3, 0.4) is 0 Å². The summed E-state index contributed by atoms with van der Waals surface area (Å²) in [5.74, 6) is 2.86. The molecule has 1 N–H and O–H groups in total. The van der Waals surface area contributed by atoms with E-state index in [2.05, 4.69) is 15.5 Å². The topological polar surface area (TPSA) is 73.0 Å². The molecule has 1 amide bonds. The van der Waals surface area contributed by atoms with Gasteiger partial charge >= 0.3 is 0 Å². The van der Waals surface area contributed by atoms with E-state index >= 15 is 0 Å². The molecule has 0 atom stereocenters. The predicted molar refractivity (Wildman–Crippen MR) is 78.5 cm³/mol. The standard InChI is InChI=1S/C15H20N4O2/c1-8(2)13-7-12(9(3)21-13)14(20)16-15-18-17-10(4)19(15)11-5-6-11/h7-8,11H,5-6H2,1-4H3,(H,16,18,20). The third kappa shape index (κ3) is 2.57. The van der Waals surface area contributed by atoms with Gasteiger partial charge in [-0.1, -0.05) is 13.8 Å². The van der Waals surface area contributed by atoms with E-state index in [4.69, 9.17) is 4.42 Å². The fourth-order valence-corrected chi connectivity index (χ4v) is 2.41. The van der Waals surface area contributed by atoms with Crippen molar-refractivity contribution in [1.82, 2.24) is 14.8 Å². The summed E-state index contributed by atoms with van der Waals surface area (Å²) >= 11 is 0. The van der Waals surface area contributed by atoms with Gasteiger partial charge < -0.3 is 4.42 Å². The molecule has 6 nitrogen and oxygen atoms in total. The summed E-state index contributed by atoms with van der Waals surface area (Å²) in [5, 5.41) is 11.0. The molecule has 0 spiro atoms. The normalized spacial score (nSPS) is 14.7. The first-order valence-corrected chi connectivity index (χ1v) is 7.30. The molecule has 2 aromatic rings. The Morgan fingerprint density at radius 1 is 1.38 bits per heavy atom. The Bertz CT molecular complexity index is 680. The molecule has 1 saturated carbocycles. The van der Waals surface area contributed by atoms with Gasteiger partial charge in [0.05, 0.1) is 5.56 Å². The Morgan fingerprint density at radius 2 is 2.10 bits per heavy atom. The number of furan rings is 1. The van der Waals surface area contributed by atoms with E-state index in [0.717, 1.165) is 24.4 Å². The molecular weight excluding hydrogens is 268 g/mol. The fourth-order valence-electron chi connectivity index (χ4n) is 2.41. The zero-order chi connectivity index (χ0) is 15.1. The van der Waals surface area contributed by atoms with Crippen LogP contribution in [0.2, 0.25) is 0 Å². The molecule has 0 aromatic carbocycles. The molecule has 2 aromatic heterocycles. The second-order valence-electron chi connectivity index (χ2n) is 5.90. The second-order valence-corrected chi connectivity index (χ2v) is 5.90. The van der Waals surface area contributed by atoms with Crippen LogP contribution in [-0.2, 0) is 0 Å². The zero-order valence-electron chi connectivity index (χ0n) is 12.8. The summed E-state index contributed by atoms with van der Waals surface area (Å²) in [5.41, 5.74) is 0.557. The number of carbonyl (C=O) groups excluding carboxylic acids is 1. The van der Waals surface area contributed by atoms with Crippen LogP contribution in [0.25, 0.3) is 0 Å². The van der Waals surface area contributed by atoms with Gasteiger partial charge in [-0.15, -0.1) is 10.2 Å². The maximum Gasteiger partial charge on any atom is 0.261 e. The highest BCUT2D eigenvalue weighted by Crippen LogP contribution is 2.37. The summed E-state index contributed by atoms with van der Waals surface area (Å²) < 4.78 is 7.62. The summed E-state index contributed by atoms with van der Waals surface area (Å²) in [6.07, 6.45) is 2.23. The maximum atomic E-state index is 12.4. The number of aromatic nitrogens is 3. The van der Waals surface area contributed by atoms with Gasteiger partial charge in [-0.25, -0.2) is 0 Å². The van der Waals surface area contributed by atoms with Crippen molar-refractivity contribution in [1.29, 1.82) is 0 Å². The van der Waals surface area contributed by atoms with E-state index in [1.54, 1.807) is 13.0 Å². The number of hydrogen-bond acceptors (Lipinski definition) is 4. The van der Waals surface area contributed by atoms with Crippen LogP contribution in [0.4, 0.5) is 5.95 Å². The van der Waals surface area contributed by atoms with Gasteiger partial charge in [0.1, 0.15) is 17.3 Å². The number of carbonyl (C=O) groups is 1. The molecule has 3 rings (SSSR count). The van der Waals surface area contributed by atoms with Gasteiger partial charge in [0, 0.05) is 12.0 Å². The highest BCUT2D eigenvalue weighted by molar-refractivity contribution is 6.04. The minimum atomic E-state index is -0.197. The summed E-state index contributed by atoms with van der Waals surface area (Å²) in [4.78, 5) is 12.4. The molecule has 0 unspecified atom stereocenters. The van der Waals surface area contributed by atoms with Crippen molar-refractivity contribution in [3.63, 3.8) is 0 Å². The first-order chi connectivity index (χ1) is 9.97. The molecule has 21 heavy (non-hydrogen) atoms. The van der Waals surface area contributed by atoms with Gasteiger partial charge in [-0.3, -0.25) is 14.7 Å². The quantitative estimate of drug-likeness (QED) is 0.937. The van der Waals surface area contributed by atoms with Crippen molar-refractivity contribution in [2.45, 2.75) is 52.5 Å². The number of hydrogen-bond donors (Lipinski definition) is 1. The largest absolute Gasteiger partial charge is 0.465 e. The lowest BCUT2D eigenvalue weighted by molar-refractivity contribution is 0.102. The monoisotopic (exact) mass is 288 g/mol. The number of rotatable bonds is 4. The number of nitrogens with one attached hydrogen (secondary N) is 1. The van der Waals surface area contributed by atoms with E-state index in [1.165, 1.54) is 0 Å². The number of aryl methyl sites for hydroxylation is 2. The first kappa shape index (κ1) is 13.9. The SMILES string of the molecule is Cc1oc(C(C)C)cc1C(=O)Nc1nnc(C)n1C1CC1. The van der Waals surface area contributed by atoms with Crippen LogP contribution in [0.1, 0.15) is 66.4 Å². The zero-order valence-corrected chi connectivity index (χ0v) is 12.8. The van der Waals surface area contributed by atoms with E-state index in [1.807, 2.05) is 25.3 Å². The highest BCUT2D eigenvalue weighted by atomic mass is 16.3. The van der Waals surface area contributed by atoms with E-state index in [0.29, 0.717) is 23.3 Å².